The van der Waals surface area contributed by atoms with Crippen LogP contribution in [0, 0.1) is 0 Å². The molecule has 0 amide bonds. The molecule has 2 rings (SSSR count). The third-order valence-corrected chi connectivity index (χ3v) is 4.96. The second kappa shape index (κ2) is 5.05. The molecule has 108 valence electrons. The lowest BCUT2D eigenvalue weighted by molar-refractivity contribution is -0.135. The maximum absolute atomic E-state index is 12.5. The van der Waals surface area contributed by atoms with Crippen molar-refractivity contribution in [3.8, 4) is 0 Å². The molecule has 5 heteroatoms. The monoisotopic (exact) mass is 292 g/mol. The zero-order valence-electron chi connectivity index (χ0n) is 12.6. The number of allylic oxidation sites excluding steroid dienone is 1. The van der Waals surface area contributed by atoms with Crippen LogP contribution in [-0.2, 0) is 9.53 Å². The molecular formula is C15H20O4Si. The summed E-state index contributed by atoms with van der Waals surface area (Å²) in [4.78, 5) is 24.6. The second-order valence-electron chi connectivity index (χ2n) is 6.38. The van der Waals surface area contributed by atoms with Gasteiger partial charge in [-0.05, 0) is 17.7 Å². The van der Waals surface area contributed by atoms with Crippen LogP contribution in [0.3, 0.4) is 0 Å². The van der Waals surface area contributed by atoms with E-state index < -0.39 is 14.0 Å². The third-order valence-electron chi connectivity index (χ3n) is 3.51. The van der Waals surface area contributed by atoms with Gasteiger partial charge >= 0.3 is 5.97 Å². The molecule has 1 unspecified atom stereocenters. The summed E-state index contributed by atoms with van der Waals surface area (Å²) < 4.78 is 10.3. The van der Waals surface area contributed by atoms with Crippen molar-refractivity contribution in [2.75, 3.05) is 7.11 Å². The minimum Gasteiger partial charge on any atom is -0.468 e. The number of hydrogen-bond acceptors (Lipinski definition) is 4. The normalized spacial score (nSPS) is 19.1. The number of furan rings is 1. The van der Waals surface area contributed by atoms with Crippen LogP contribution >= 0.6 is 0 Å². The third kappa shape index (κ3) is 2.50. The first-order valence-electron chi connectivity index (χ1n) is 6.69. The summed E-state index contributed by atoms with van der Waals surface area (Å²) in [5.74, 6) is -0.205. The van der Waals surface area contributed by atoms with Gasteiger partial charge in [0.2, 0.25) is 5.78 Å². The van der Waals surface area contributed by atoms with Crippen LogP contribution < -0.4 is 0 Å². The molecule has 0 aliphatic heterocycles. The second-order valence-corrected chi connectivity index (χ2v) is 11.9. The van der Waals surface area contributed by atoms with Gasteiger partial charge in [0.1, 0.15) is 11.3 Å². The number of carbonyl (C=O) groups excluding carboxylic acids is 2. The van der Waals surface area contributed by atoms with Gasteiger partial charge < -0.3 is 9.15 Å². The van der Waals surface area contributed by atoms with Crippen LogP contribution in [0.1, 0.15) is 29.0 Å². The molecule has 1 aromatic rings. The van der Waals surface area contributed by atoms with E-state index in [2.05, 4.69) is 19.6 Å². The van der Waals surface area contributed by atoms with Crippen molar-refractivity contribution in [3.05, 3.63) is 34.8 Å². The average Bonchev–Trinajstić information content (AvgIpc) is 2.83. The Morgan fingerprint density at radius 1 is 1.40 bits per heavy atom. The highest BCUT2D eigenvalue weighted by Gasteiger charge is 2.38. The van der Waals surface area contributed by atoms with Gasteiger partial charge in [0.15, 0.2) is 0 Å². The molecule has 0 saturated carbocycles. The van der Waals surface area contributed by atoms with Crippen molar-refractivity contribution in [2.45, 2.75) is 38.5 Å². The lowest BCUT2D eigenvalue weighted by Gasteiger charge is -2.27. The van der Waals surface area contributed by atoms with Crippen molar-refractivity contribution in [2.24, 2.45) is 0 Å². The largest absolute Gasteiger partial charge is 0.468 e. The maximum Gasteiger partial charge on any atom is 0.341 e. The Morgan fingerprint density at radius 2 is 2.05 bits per heavy atom. The van der Waals surface area contributed by atoms with Crippen LogP contribution in [-0.4, -0.2) is 26.9 Å². The molecule has 1 aliphatic rings. The van der Waals surface area contributed by atoms with Gasteiger partial charge in [0.25, 0.3) is 0 Å². The summed E-state index contributed by atoms with van der Waals surface area (Å²) in [6, 6.07) is 2.41. The van der Waals surface area contributed by atoms with Gasteiger partial charge in [0, 0.05) is 14.0 Å². The zero-order valence-corrected chi connectivity index (χ0v) is 13.6. The summed E-state index contributed by atoms with van der Waals surface area (Å²) in [6.07, 6.45) is 1.51. The Labute approximate surface area is 119 Å². The van der Waals surface area contributed by atoms with E-state index in [1.165, 1.54) is 13.4 Å². The van der Waals surface area contributed by atoms with Crippen molar-refractivity contribution in [1.82, 2.24) is 0 Å². The van der Waals surface area contributed by atoms with E-state index >= 15 is 0 Å². The molecule has 1 heterocycles. The van der Waals surface area contributed by atoms with E-state index in [9.17, 15) is 9.59 Å². The zero-order chi connectivity index (χ0) is 15.1. The molecule has 0 N–H and O–H groups in total. The predicted molar refractivity (Wildman–Crippen MR) is 78.6 cm³/mol. The average molecular weight is 292 g/mol. The van der Waals surface area contributed by atoms with Gasteiger partial charge in [-0.2, -0.15) is 0 Å². The first-order chi connectivity index (χ1) is 9.26. The van der Waals surface area contributed by atoms with Crippen molar-refractivity contribution in [3.63, 3.8) is 0 Å². The highest BCUT2D eigenvalue weighted by molar-refractivity contribution is 6.76. The predicted octanol–water partition coefficient (Wildman–Crippen LogP) is 3.39. The highest BCUT2D eigenvalue weighted by Crippen LogP contribution is 2.40. The van der Waals surface area contributed by atoms with Crippen LogP contribution in [0.15, 0.2) is 27.9 Å². The van der Waals surface area contributed by atoms with E-state index in [0.717, 1.165) is 11.6 Å². The van der Waals surface area contributed by atoms with E-state index in [1.54, 1.807) is 6.07 Å². The number of ketones is 1. The van der Waals surface area contributed by atoms with E-state index in [0.29, 0.717) is 11.3 Å². The van der Waals surface area contributed by atoms with Gasteiger partial charge in [-0.15, -0.1) is 0 Å². The summed E-state index contributed by atoms with van der Waals surface area (Å²) >= 11 is 0. The fraction of sp³-hybridized carbons (Fsp3) is 0.467. The van der Waals surface area contributed by atoms with Gasteiger partial charge in [-0.3, -0.25) is 4.79 Å². The number of hydrogen-bond donors (Lipinski definition) is 0. The Kier molecular flexibility index (Phi) is 3.73. The summed E-state index contributed by atoms with van der Waals surface area (Å²) in [7, 11) is -0.167. The Balaban J connectivity index is 2.59. The van der Waals surface area contributed by atoms with Crippen LogP contribution in [0.4, 0.5) is 0 Å². The lowest BCUT2D eigenvalue weighted by Crippen LogP contribution is -2.29. The quantitative estimate of drug-likeness (QED) is 0.487. The Bertz CT molecular complexity index is 589. The molecule has 0 bridgehead atoms. The minimum absolute atomic E-state index is 0.0569. The molecule has 1 atom stereocenters. The smallest absolute Gasteiger partial charge is 0.341 e. The van der Waals surface area contributed by atoms with Crippen LogP contribution in [0.25, 0.3) is 0 Å². The number of rotatable bonds is 3. The molecule has 1 aliphatic carbocycles. The molecule has 0 saturated heterocycles. The topological polar surface area (TPSA) is 56.5 Å². The van der Waals surface area contributed by atoms with Crippen LogP contribution in [0.5, 0.6) is 0 Å². The molecule has 0 radical (unpaired) electrons. The number of Topliss-reactive ketones (excluding diaryl/α,β-unsaturated/α-hetero) is 1. The Morgan fingerprint density at radius 3 is 2.60 bits per heavy atom. The molecule has 0 aromatic carbocycles. The number of ether oxygens (including phenoxy) is 1. The molecular weight excluding hydrogens is 272 g/mol. The minimum atomic E-state index is -1.48. The number of fused-ring (bicyclic) bond motifs is 1. The lowest BCUT2D eigenvalue weighted by atomic mass is 9.83. The molecule has 0 fully saturated rings. The molecule has 20 heavy (non-hydrogen) atoms. The van der Waals surface area contributed by atoms with E-state index in [1.807, 2.05) is 6.92 Å². The van der Waals surface area contributed by atoms with E-state index in [4.69, 9.17) is 9.15 Å². The van der Waals surface area contributed by atoms with Crippen molar-refractivity contribution >= 4 is 19.8 Å². The fourth-order valence-corrected chi connectivity index (χ4v) is 4.26. The summed E-state index contributed by atoms with van der Waals surface area (Å²) in [6.45, 7) is 8.62. The fourth-order valence-electron chi connectivity index (χ4n) is 2.64. The Hall–Kier alpha value is -1.62. The number of methoxy groups -OCH3 is 1. The molecule has 1 aromatic heterocycles. The number of esters is 1. The van der Waals surface area contributed by atoms with Gasteiger partial charge in [-0.25, -0.2) is 4.79 Å². The summed E-state index contributed by atoms with van der Waals surface area (Å²) in [5, 5.41) is 0. The first kappa shape index (κ1) is 14.8. The summed E-state index contributed by atoms with van der Waals surface area (Å²) in [5.41, 5.74) is 1.55. The number of carbonyl (C=O) groups is 2. The SMILES string of the molecule is COC(=O)C1=C(C[Si](C)(C)C)C(C)c2occc2C1=O. The maximum atomic E-state index is 12.5. The van der Waals surface area contributed by atoms with Gasteiger partial charge in [0.05, 0.1) is 18.9 Å². The highest BCUT2D eigenvalue weighted by atomic mass is 28.3. The van der Waals surface area contributed by atoms with E-state index in [-0.39, 0.29) is 17.3 Å². The van der Waals surface area contributed by atoms with Crippen molar-refractivity contribution < 1.29 is 18.7 Å². The first-order valence-corrected chi connectivity index (χ1v) is 10.4. The van der Waals surface area contributed by atoms with Crippen molar-refractivity contribution in [1.29, 1.82) is 0 Å². The van der Waals surface area contributed by atoms with Gasteiger partial charge in [-0.1, -0.05) is 26.6 Å². The molecule has 4 nitrogen and oxygen atoms in total. The standard InChI is InChI=1S/C15H20O4Si/c1-9-11(8-20(3,4)5)12(15(17)18-2)13(16)10-6-7-19-14(9)10/h6-7,9H,8H2,1-5H3. The molecule has 0 spiro atoms. The van der Waals surface area contributed by atoms with Crippen LogP contribution in [0.2, 0.25) is 25.7 Å².